The van der Waals surface area contributed by atoms with Crippen LogP contribution in [0.25, 0.3) is 0 Å². The van der Waals surface area contributed by atoms with Crippen LogP contribution in [0.3, 0.4) is 0 Å². The van der Waals surface area contributed by atoms with Gasteiger partial charge in [-0.2, -0.15) is 0 Å². The number of piperidine rings is 1. The number of benzene rings is 2. The number of esters is 1. The molecule has 8 heteroatoms. The van der Waals surface area contributed by atoms with Crippen molar-refractivity contribution >= 4 is 18.0 Å². The van der Waals surface area contributed by atoms with Crippen molar-refractivity contribution < 1.29 is 33.3 Å². The van der Waals surface area contributed by atoms with Gasteiger partial charge in [-0.15, -0.1) is 0 Å². The van der Waals surface area contributed by atoms with E-state index in [-0.39, 0.29) is 12.0 Å². The van der Waals surface area contributed by atoms with Crippen LogP contribution in [0.5, 0.6) is 17.2 Å². The Bertz CT molecular complexity index is 1250. The van der Waals surface area contributed by atoms with Crippen LogP contribution in [0.15, 0.2) is 48.5 Å². The summed E-state index contributed by atoms with van der Waals surface area (Å²) in [6.45, 7) is 6.34. The summed E-state index contributed by atoms with van der Waals surface area (Å²) in [6, 6.07) is 13.2. The van der Waals surface area contributed by atoms with Crippen molar-refractivity contribution in [2.75, 3.05) is 19.7 Å². The van der Waals surface area contributed by atoms with Crippen LogP contribution in [-0.4, -0.2) is 48.7 Å². The van der Waals surface area contributed by atoms with Crippen LogP contribution >= 0.6 is 0 Å². The molecule has 0 unspecified atom stereocenters. The Kier molecular flexibility index (Phi) is 23.1. The molecule has 0 aromatic heterocycles. The lowest BCUT2D eigenvalue weighted by molar-refractivity contribution is -0.133. The third kappa shape index (κ3) is 19.9. The highest BCUT2D eigenvalue weighted by atomic mass is 16.7. The minimum atomic E-state index is -0.781. The molecule has 3 rings (SSSR count). The van der Waals surface area contributed by atoms with Gasteiger partial charge in [-0.1, -0.05) is 136 Å². The Hall–Kier alpha value is -3.55. The first-order valence-corrected chi connectivity index (χ1v) is 21.2. The fourth-order valence-corrected chi connectivity index (χ4v) is 6.79. The number of amides is 1. The third-order valence-electron chi connectivity index (χ3n) is 10.1. The maximum absolute atomic E-state index is 12.7. The maximum Gasteiger partial charge on any atom is 0.514 e. The van der Waals surface area contributed by atoms with Gasteiger partial charge in [0.05, 0.1) is 12.2 Å². The largest absolute Gasteiger partial charge is 0.514 e. The molecule has 0 saturated carbocycles. The van der Waals surface area contributed by atoms with Gasteiger partial charge in [0, 0.05) is 32.4 Å². The molecule has 2 aromatic carbocycles. The lowest BCUT2D eigenvalue weighted by Crippen LogP contribution is -2.41. The molecule has 0 bridgehead atoms. The number of nitrogens with zero attached hydrogens (tertiary/aromatic N) is 1. The number of likely N-dealkylation sites (tertiary alicyclic amines) is 1. The Labute approximate surface area is 320 Å². The van der Waals surface area contributed by atoms with Crippen LogP contribution in [-0.2, 0) is 9.53 Å². The van der Waals surface area contributed by atoms with Crippen molar-refractivity contribution in [1.29, 1.82) is 0 Å². The smallest absolute Gasteiger partial charge is 0.494 e. The van der Waals surface area contributed by atoms with E-state index in [4.69, 9.17) is 18.9 Å². The Morgan fingerprint density at radius 2 is 0.981 bits per heavy atom. The van der Waals surface area contributed by atoms with Gasteiger partial charge in [0.1, 0.15) is 23.4 Å². The first kappa shape index (κ1) is 43.9. The summed E-state index contributed by atoms with van der Waals surface area (Å²) in [5.74, 6) is 1.07. The van der Waals surface area contributed by atoms with Gasteiger partial charge in [0.15, 0.2) is 0 Å². The molecule has 1 saturated heterocycles. The second-order valence-electron chi connectivity index (χ2n) is 14.8. The van der Waals surface area contributed by atoms with E-state index in [1.807, 2.05) is 4.90 Å². The first-order valence-electron chi connectivity index (χ1n) is 21.2. The summed E-state index contributed by atoms with van der Waals surface area (Å²) >= 11 is 0. The molecule has 2 aromatic rings. The molecule has 0 spiro atoms. The number of carbonyl (C=O) groups excluding carboxylic acids is 3. The zero-order valence-corrected chi connectivity index (χ0v) is 33.1. The summed E-state index contributed by atoms with van der Waals surface area (Å²) in [7, 11) is 0. The van der Waals surface area contributed by atoms with E-state index in [2.05, 4.69) is 13.8 Å². The molecule has 1 fully saturated rings. The summed E-state index contributed by atoms with van der Waals surface area (Å²) in [6.07, 6.45) is 27.5. The van der Waals surface area contributed by atoms with Gasteiger partial charge in [-0.3, -0.25) is 4.79 Å². The van der Waals surface area contributed by atoms with Crippen molar-refractivity contribution in [3.8, 4) is 17.2 Å². The van der Waals surface area contributed by atoms with Crippen molar-refractivity contribution in [2.24, 2.45) is 0 Å². The molecule has 0 N–H and O–H groups in total. The molecule has 1 heterocycles. The highest BCUT2D eigenvalue weighted by Crippen LogP contribution is 2.22. The number of ether oxygens (including phenoxy) is 4. The zero-order chi connectivity index (χ0) is 37.8. The molecular formula is C45H69NO7. The average Bonchev–Trinajstić information content (AvgIpc) is 3.17. The van der Waals surface area contributed by atoms with Crippen molar-refractivity contribution in [3.05, 3.63) is 54.1 Å². The van der Waals surface area contributed by atoms with Crippen LogP contribution in [0, 0.1) is 0 Å². The van der Waals surface area contributed by atoms with E-state index in [9.17, 15) is 14.4 Å². The quantitative estimate of drug-likeness (QED) is 0.0372. The molecular weight excluding hydrogens is 666 g/mol. The first-order chi connectivity index (χ1) is 26.0. The summed E-state index contributed by atoms with van der Waals surface area (Å²) in [5.41, 5.74) is 0.417. The summed E-state index contributed by atoms with van der Waals surface area (Å²) in [4.78, 5) is 39.7. The van der Waals surface area contributed by atoms with E-state index in [0.717, 1.165) is 25.0 Å². The monoisotopic (exact) mass is 736 g/mol. The molecule has 53 heavy (non-hydrogen) atoms. The number of rotatable bonds is 28. The molecule has 296 valence electrons. The Balaban J connectivity index is 1.21. The standard InChI is InChI=1S/C45H69NO7/c1-3-5-7-9-11-13-14-15-16-17-18-20-22-24-43(47)46-35-33-42(34-36-46)53-45(49)52-41-31-29-40(30-32-41)51-44(48)38-25-27-39(28-26-38)50-37-23-21-19-12-10-8-6-4-2/h25-32,42H,3-24,33-37H2,1-2H3. The molecule has 0 atom stereocenters. The molecule has 1 amide bonds. The number of hydrogen-bond donors (Lipinski definition) is 0. The van der Waals surface area contributed by atoms with Crippen LogP contribution < -0.4 is 14.2 Å². The van der Waals surface area contributed by atoms with Crippen molar-refractivity contribution in [1.82, 2.24) is 4.90 Å². The fraction of sp³-hybridized carbons (Fsp3) is 0.667. The Morgan fingerprint density at radius 3 is 1.49 bits per heavy atom. The zero-order valence-electron chi connectivity index (χ0n) is 33.1. The van der Waals surface area contributed by atoms with Crippen molar-refractivity contribution in [2.45, 2.75) is 174 Å². The minimum Gasteiger partial charge on any atom is -0.494 e. The molecule has 0 aliphatic carbocycles. The lowest BCUT2D eigenvalue weighted by Gasteiger charge is -2.31. The number of hydrogen-bond acceptors (Lipinski definition) is 7. The van der Waals surface area contributed by atoms with Gasteiger partial charge in [-0.05, 0) is 61.4 Å². The van der Waals surface area contributed by atoms with Gasteiger partial charge in [-0.25, -0.2) is 9.59 Å². The topological polar surface area (TPSA) is 91.4 Å². The molecule has 8 nitrogen and oxygen atoms in total. The van der Waals surface area contributed by atoms with E-state index < -0.39 is 12.1 Å². The predicted molar refractivity (Wildman–Crippen MR) is 213 cm³/mol. The van der Waals surface area contributed by atoms with Gasteiger partial charge in [0.2, 0.25) is 5.91 Å². The summed E-state index contributed by atoms with van der Waals surface area (Å²) < 4.78 is 22.2. The van der Waals surface area contributed by atoms with E-state index >= 15 is 0 Å². The molecule has 1 aliphatic rings. The minimum absolute atomic E-state index is 0.199. The normalized spacial score (nSPS) is 13.1. The lowest BCUT2D eigenvalue weighted by atomic mass is 10.0. The Morgan fingerprint density at radius 1 is 0.547 bits per heavy atom. The molecule has 0 radical (unpaired) electrons. The maximum atomic E-state index is 12.7. The highest BCUT2D eigenvalue weighted by Gasteiger charge is 2.25. The van der Waals surface area contributed by atoms with Crippen LogP contribution in [0.1, 0.15) is 178 Å². The average molecular weight is 736 g/mol. The van der Waals surface area contributed by atoms with Gasteiger partial charge in [0.25, 0.3) is 0 Å². The molecule has 1 aliphatic heterocycles. The van der Waals surface area contributed by atoms with E-state index in [0.29, 0.717) is 56.0 Å². The summed E-state index contributed by atoms with van der Waals surface area (Å²) in [5, 5.41) is 0. The van der Waals surface area contributed by atoms with Crippen LogP contribution in [0.2, 0.25) is 0 Å². The SMILES string of the molecule is CCCCCCCCCCCCCCCC(=O)N1CCC(OC(=O)Oc2ccc(OC(=O)c3ccc(OCCCCCCCCCC)cc3)cc2)CC1. The van der Waals surface area contributed by atoms with E-state index in [1.165, 1.54) is 116 Å². The third-order valence-corrected chi connectivity index (χ3v) is 10.1. The fourth-order valence-electron chi connectivity index (χ4n) is 6.79. The second-order valence-corrected chi connectivity index (χ2v) is 14.8. The number of carbonyl (C=O) groups is 3. The van der Waals surface area contributed by atoms with E-state index in [1.54, 1.807) is 48.5 Å². The highest BCUT2D eigenvalue weighted by molar-refractivity contribution is 5.91. The predicted octanol–water partition coefficient (Wildman–Crippen LogP) is 12.4. The second kappa shape index (κ2) is 28.0. The van der Waals surface area contributed by atoms with Crippen molar-refractivity contribution in [3.63, 3.8) is 0 Å². The van der Waals surface area contributed by atoms with Gasteiger partial charge >= 0.3 is 12.1 Å². The van der Waals surface area contributed by atoms with Crippen LogP contribution in [0.4, 0.5) is 4.79 Å². The van der Waals surface area contributed by atoms with Gasteiger partial charge < -0.3 is 23.8 Å². The number of unbranched alkanes of at least 4 members (excludes halogenated alkanes) is 19.